The van der Waals surface area contributed by atoms with Gasteiger partial charge in [-0.25, -0.2) is 4.79 Å². The van der Waals surface area contributed by atoms with Gasteiger partial charge in [0.2, 0.25) is 0 Å². The number of carbonyl (C=O) groups is 2. The summed E-state index contributed by atoms with van der Waals surface area (Å²) in [4.78, 5) is 23.4. The van der Waals surface area contributed by atoms with Gasteiger partial charge in [0.1, 0.15) is 5.75 Å². The van der Waals surface area contributed by atoms with Crippen LogP contribution < -0.4 is 10.1 Å². The van der Waals surface area contributed by atoms with Crippen LogP contribution in [0.2, 0.25) is 0 Å². The lowest BCUT2D eigenvalue weighted by Crippen LogP contribution is -2.36. The fraction of sp³-hybridized carbons (Fsp3) is 0.353. The molecule has 0 spiro atoms. The molecule has 2 N–H and O–H groups in total. The maximum atomic E-state index is 13.0. The Kier molecular flexibility index (Phi) is 5.48. The smallest absolute Gasteiger partial charge is 0.419 e. The van der Waals surface area contributed by atoms with Crippen molar-refractivity contribution < 1.29 is 32.6 Å². The number of carbonyl (C=O) groups excluding carboxylic acids is 1. The highest BCUT2D eigenvalue weighted by Gasteiger charge is 2.35. The van der Waals surface area contributed by atoms with Crippen molar-refractivity contribution >= 4 is 17.6 Å². The van der Waals surface area contributed by atoms with Crippen molar-refractivity contribution in [3.05, 3.63) is 42.2 Å². The summed E-state index contributed by atoms with van der Waals surface area (Å²) in [5.41, 5.74) is -2.13. The maximum absolute atomic E-state index is 13.0. The quantitative estimate of drug-likeness (QED) is 0.797. The molecular formula is C17H18F3N3O4. The first kappa shape index (κ1) is 20.3. The van der Waals surface area contributed by atoms with Crippen molar-refractivity contribution in [1.82, 2.24) is 9.78 Å². The van der Waals surface area contributed by atoms with Crippen molar-refractivity contribution in [3.63, 3.8) is 0 Å². The number of aromatic nitrogens is 2. The molecule has 0 saturated heterocycles. The van der Waals surface area contributed by atoms with Gasteiger partial charge in [-0.2, -0.15) is 18.3 Å². The molecule has 1 aromatic carbocycles. The number of hydrogen-bond donors (Lipinski definition) is 2. The number of nitrogens with zero attached hydrogens (tertiary/aromatic N) is 2. The monoisotopic (exact) mass is 385 g/mol. The molecule has 27 heavy (non-hydrogen) atoms. The molecule has 1 atom stereocenters. The van der Waals surface area contributed by atoms with Gasteiger partial charge in [-0.15, -0.1) is 0 Å². The average Bonchev–Trinajstić information content (AvgIpc) is 3.03. The van der Waals surface area contributed by atoms with E-state index in [0.717, 1.165) is 16.8 Å². The van der Waals surface area contributed by atoms with Crippen LogP contribution in [0.1, 0.15) is 26.3 Å². The van der Waals surface area contributed by atoms with Gasteiger partial charge in [0, 0.05) is 6.20 Å². The molecule has 0 fully saturated rings. The number of para-hydroxylation sites is 1. The van der Waals surface area contributed by atoms with Crippen LogP contribution in [0.15, 0.2) is 36.7 Å². The Morgan fingerprint density at radius 2 is 1.89 bits per heavy atom. The average molecular weight is 385 g/mol. The Balaban J connectivity index is 2.10. The third-order valence-electron chi connectivity index (χ3n) is 3.81. The van der Waals surface area contributed by atoms with Gasteiger partial charge in [0.05, 0.1) is 17.4 Å². The van der Waals surface area contributed by atoms with E-state index >= 15 is 0 Å². The highest BCUT2D eigenvalue weighted by molar-refractivity contribution is 5.94. The third-order valence-corrected chi connectivity index (χ3v) is 3.81. The van der Waals surface area contributed by atoms with Crippen molar-refractivity contribution in [2.24, 2.45) is 0 Å². The van der Waals surface area contributed by atoms with Gasteiger partial charge >= 0.3 is 12.1 Å². The lowest BCUT2D eigenvalue weighted by molar-refractivity contribution is -0.146. The minimum absolute atomic E-state index is 0.189. The summed E-state index contributed by atoms with van der Waals surface area (Å²) < 4.78 is 45.3. The summed E-state index contributed by atoms with van der Waals surface area (Å²) in [7, 11) is 0. The first-order chi connectivity index (χ1) is 12.4. The molecule has 0 radical (unpaired) electrons. The number of ether oxygens (including phenoxy) is 1. The standard InChI is InChI=1S/C17H18F3N3O4/c1-10(27-13-7-5-4-6-12(13)17(18,19)20)14(24)22-11-8-21-23(9-11)16(2,3)15(25)26/h4-10H,1-3H3,(H,22,24)(H,25,26). The number of alkyl halides is 3. The number of rotatable bonds is 6. The van der Waals surface area contributed by atoms with Crippen molar-refractivity contribution in [2.75, 3.05) is 5.32 Å². The van der Waals surface area contributed by atoms with E-state index in [-0.39, 0.29) is 5.69 Å². The summed E-state index contributed by atoms with van der Waals surface area (Å²) in [5.74, 6) is -2.29. The van der Waals surface area contributed by atoms with Crippen LogP contribution in [0.5, 0.6) is 5.75 Å². The molecule has 2 aromatic rings. The number of anilines is 1. The minimum Gasteiger partial charge on any atom is -0.480 e. The number of amides is 1. The van der Waals surface area contributed by atoms with Crippen LogP contribution >= 0.6 is 0 Å². The molecule has 0 saturated carbocycles. The van der Waals surface area contributed by atoms with E-state index in [1.165, 1.54) is 45.3 Å². The number of nitrogens with one attached hydrogen (secondary N) is 1. The fourth-order valence-corrected chi connectivity index (χ4v) is 2.08. The normalized spacial score (nSPS) is 13.1. The second-order valence-corrected chi connectivity index (χ2v) is 6.28. The lowest BCUT2D eigenvalue weighted by atomic mass is 10.1. The summed E-state index contributed by atoms with van der Waals surface area (Å²) >= 11 is 0. The van der Waals surface area contributed by atoms with Gasteiger partial charge in [-0.1, -0.05) is 12.1 Å². The molecule has 1 aromatic heterocycles. The Morgan fingerprint density at radius 3 is 2.48 bits per heavy atom. The van der Waals surface area contributed by atoms with Gasteiger partial charge in [0.25, 0.3) is 5.91 Å². The van der Waals surface area contributed by atoms with Gasteiger partial charge in [-0.05, 0) is 32.9 Å². The Labute approximate surface area is 152 Å². The molecular weight excluding hydrogens is 367 g/mol. The zero-order valence-electron chi connectivity index (χ0n) is 14.7. The van der Waals surface area contributed by atoms with E-state index in [1.807, 2.05) is 0 Å². The highest BCUT2D eigenvalue weighted by atomic mass is 19.4. The Bertz CT molecular complexity index is 846. The van der Waals surface area contributed by atoms with Gasteiger partial charge < -0.3 is 15.2 Å². The number of aliphatic carboxylic acids is 1. The van der Waals surface area contributed by atoms with E-state index in [0.29, 0.717) is 0 Å². The van der Waals surface area contributed by atoms with E-state index in [4.69, 9.17) is 9.84 Å². The summed E-state index contributed by atoms with van der Waals surface area (Å²) in [6.45, 7) is 4.15. The SMILES string of the molecule is CC(Oc1ccccc1C(F)(F)F)C(=O)Nc1cnn(C(C)(C)C(=O)O)c1. The zero-order valence-corrected chi connectivity index (χ0v) is 14.7. The zero-order chi connectivity index (χ0) is 20.4. The second-order valence-electron chi connectivity index (χ2n) is 6.28. The molecule has 0 aliphatic carbocycles. The van der Waals surface area contributed by atoms with Crippen LogP contribution in [-0.4, -0.2) is 32.9 Å². The minimum atomic E-state index is -4.61. The topological polar surface area (TPSA) is 93.5 Å². The molecule has 1 heterocycles. The Morgan fingerprint density at radius 1 is 1.26 bits per heavy atom. The third kappa shape index (κ3) is 4.57. The fourth-order valence-electron chi connectivity index (χ4n) is 2.08. The van der Waals surface area contributed by atoms with Crippen LogP contribution in [0, 0.1) is 0 Å². The molecule has 7 nitrogen and oxygen atoms in total. The summed E-state index contributed by atoms with van der Waals surface area (Å²) in [5, 5.41) is 15.5. The van der Waals surface area contributed by atoms with Crippen LogP contribution in [-0.2, 0) is 21.3 Å². The van der Waals surface area contributed by atoms with Gasteiger partial charge in [0.15, 0.2) is 11.6 Å². The second kappa shape index (κ2) is 7.29. The van der Waals surface area contributed by atoms with E-state index < -0.39 is 41.0 Å². The molecule has 1 unspecified atom stereocenters. The number of benzene rings is 1. The predicted molar refractivity (Wildman–Crippen MR) is 89.3 cm³/mol. The number of carboxylic acid groups (broad SMARTS) is 1. The largest absolute Gasteiger partial charge is 0.480 e. The molecule has 0 aliphatic heterocycles. The van der Waals surface area contributed by atoms with Crippen LogP contribution in [0.4, 0.5) is 18.9 Å². The van der Waals surface area contributed by atoms with Crippen molar-refractivity contribution in [1.29, 1.82) is 0 Å². The van der Waals surface area contributed by atoms with Gasteiger partial charge in [-0.3, -0.25) is 9.48 Å². The number of carboxylic acids is 1. The molecule has 10 heteroatoms. The number of halogens is 3. The molecule has 146 valence electrons. The predicted octanol–water partition coefficient (Wildman–Crippen LogP) is 3.13. The number of hydrogen-bond acceptors (Lipinski definition) is 4. The molecule has 0 aliphatic rings. The molecule has 2 rings (SSSR count). The van der Waals surface area contributed by atoms with Crippen LogP contribution in [0.3, 0.4) is 0 Å². The summed E-state index contributed by atoms with van der Waals surface area (Å²) in [6, 6.07) is 4.57. The van der Waals surface area contributed by atoms with Crippen molar-refractivity contribution in [2.45, 2.75) is 38.6 Å². The highest BCUT2D eigenvalue weighted by Crippen LogP contribution is 2.36. The Hall–Kier alpha value is -3.04. The van der Waals surface area contributed by atoms with E-state index in [2.05, 4.69) is 10.4 Å². The molecule has 0 bridgehead atoms. The lowest BCUT2D eigenvalue weighted by Gasteiger charge is -2.19. The first-order valence-corrected chi connectivity index (χ1v) is 7.85. The van der Waals surface area contributed by atoms with E-state index in [9.17, 15) is 22.8 Å². The van der Waals surface area contributed by atoms with Crippen molar-refractivity contribution in [3.8, 4) is 5.75 Å². The maximum Gasteiger partial charge on any atom is 0.419 e. The molecule has 1 amide bonds. The summed E-state index contributed by atoms with van der Waals surface area (Å²) in [6.07, 6.45) is -3.30. The van der Waals surface area contributed by atoms with E-state index in [1.54, 1.807) is 0 Å². The first-order valence-electron chi connectivity index (χ1n) is 7.85. The van der Waals surface area contributed by atoms with Crippen LogP contribution in [0.25, 0.3) is 0 Å².